The van der Waals surface area contributed by atoms with Gasteiger partial charge in [0, 0.05) is 25.2 Å². The molecule has 1 aromatic carbocycles. The predicted octanol–water partition coefficient (Wildman–Crippen LogP) is 2.94. The van der Waals surface area contributed by atoms with Crippen LogP contribution in [0, 0.1) is 17.8 Å². The molecular formula is C27H30N6O4. The molecule has 0 radical (unpaired) electrons. The van der Waals surface area contributed by atoms with Crippen molar-refractivity contribution >= 4 is 29.1 Å². The number of anilines is 1. The Balaban J connectivity index is 1.10. The second-order valence-electron chi connectivity index (χ2n) is 10.4. The molecule has 2 atom stereocenters. The first-order valence-electron chi connectivity index (χ1n) is 13.0. The molecule has 192 valence electrons. The van der Waals surface area contributed by atoms with Crippen LogP contribution >= 0.6 is 0 Å². The molecule has 2 aromatic heterocycles. The van der Waals surface area contributed by atoms with E-state index in [1.165, 1.54) is 42.7 Å². The minimum absolute atomic E-state index is 0.0107. The summed E-state index contributed by atoms with van der Waals surface area (Å²) in [7, 11) is 0. The largest absolute Gasteiger partial charge is 0.482 e. The summed E-state index contributed by atoms with van der Waals surface area (Å²) in [6.45, 7) is 0.816. The van der Waals surface area contributed by atoms with Crippen LogP contribution in [0.3, 0.4) is 0 Å². The Labute approximate surface area is 214 Å². The Morgan fingerprint density at radius 2 is 1.89 bits per heavy atom. The van der Waals surface area contributed by atoms with Crippen LogP contribution in [0.2, 0.25) is 0 Å². The SMILES string of the molecule is O=C1COc2ccc(CNC(=O)c3cc(C(=O)NCCC4CC5CCC(C4)C5)n4nccc4n3)cc2N1. The molecule has 3 aromatic rings. The average Bonchev–Trinajstić information content (AvgIpc) is 3.51. The molecule has 3 amide bonds. The van der Waals surface area contributed by atoms with Crippen molar-refractivity contribution in [3.8, 4) is 5.75 Å². The number of hydrogen-bond acceptors (Lipinski definition) is 6. The number of carbonyl (C=O) groups is 3. The summed E-state index contributed by atoms with van der Waals surface area (Å²) in [5.41, 5.74) is 2.20. The Morgan fingerprint density at radius 3 is 2.73 bits per heavy atom. The van der Waals surface area contributed by atoms with Gasteiger partial charge in [-0.25, -0.2) is 9.50 Å². The summed E-state index contributed by atoms with van der Waals surface area (Å²) in [4.78, 5) is 42.0. The van der Waals surface area contributed by atoms with Gasteiger partial charge >= 0.3 is 0 Å². The number of hydrogen-bond donors (Lipinski definition) is 3. The van der Waals surface area contributed by atoms with Gasteiger partial charge in [0.05, 0.1) is 11.9 Å². The van der Waals surface area contributed by atoms with Gasteiger partial charge in [-0.15, -0.1) is 0 Å². The number of fused-ring (bicyclic) bond motifs is 4. The van der Waals surface area contributed by atoms with Crippen molar-refractivity contribution in [2.45, 2.75) is 45.1 Å². The lowest BCUT2D eigenvalue weighted by Crippen LogP contribution is -2.30. The second-order valence-corrected chi connectivity index (χ2v) is 10.4. The molecule has 2 aliphatic carbocycles. The number of nitrogens with zero attached hydrogens (tertiary/aromatic N) is 3. The third-order valence-electron chi connectivity index (χ3n) is 7.78. The molecule has 3 aliphatic rings. The number of amides is 3. The first-order valence-corrected chi connectivity index (χ1v) is 13.0. The lowest BCUT2D eigenvalue weighted by atomic mass is 9.79. The van der Waals surface area contributed by atoms with Gasteiger partial charge in [0.1, 0.15) is 17.1 Å². The number of rotatable bonds is 7. The fraction of sp³-hybridized carbons (Fsp3) is 0.444. The summed E-state index contributed by atoms with van der Waals surface area (Å²) < 4.78 is 6.83. The minimum atomic E-state index is -0.409. The van der Waals surface area contributed by atoms with E-state index >= 15 is 0 Å². The zero-order chi connectivity index (χ0) is 25.4. The van der Waals surface area contributed by atoms with Gasteiger partial charge in [0.15, 0.2) is 12.3 Å². The molecule has 10 heteroatoms. The molecule has 37 heavy (non-hydrogen) atoms. The minimum Gasteiger partial charge on any atom is -0.482 e. The highest BCUT2D eigenvalue weighted by Crippen LogP contribution is 2.45. The van der Waals surface area contributed by atoms with Gasteiger partial charge in [0.2, 0.25) is 0 Å². The number of carbonyl (C=O) groups excluding carboxylic acids is 3. The molecule has 2 unspecified atom stereocenters. The van der Waals surface area contributed by atoms with Crippen molar-refractivity contribution in [3.05, 3.63) is 53.5 Å². The topological polar surface area (TPSA) is 127 Å². The molecule has 2 saturated carbocycles. The summed E-state index contributed by atoms with van der Waals surface area (Å²) in [6.07, 6.45) is 9.21. The first-order chi connectivity index (χ1) is 18.0. The van der Waals surface area contributed by atoms with E-state index in [0.717, 1.165) is 23.8 Å². The number of nitrogens with one attached hydrogen (secondary N) is 3. The van der Waals surface area contributed by atoms with Gasteiger partial charge in [-0.05, 0) is 61.1 Å². The first kappa shape index (κ1) is 23.4. The van der Waals surface area contributed by atoms with Gasteiger partial charge in [-0.2, -0.15) is 5.10 Å². The zero-order valence-corrected chi connectivity index (χ0v) is 20.5. The van der Waals surface area contributed by atoms with E-state index in [1.54, 1.807) is 24.4 Å². The number of aromatic nitrogens is 3. The number of benzene rings is 1. The monoisotopic (exact) mass is 502 g/mol. The van der Waals surface area contributed by atoms with E-state index < -0.39 is 5.91 Å². The highest BCUT2D eigenvalue weighted by atomic mass is 16.5. The van der Waals surface area contributed by atoms with E-state index in [1.807, 2.05) is 6.07 Å². The molecule has 10 nitrogen and oxygen atoms in total. The lowest BCUT2D eigenvalue weighted by molar-refractivity contribution is -0.118. The molecule has 2 bridgehead atoms. The van der Waals surface area contributed by atoms with Gasteiger partial charge in [-0.3, -0.25) is 14.4 Å². The average molecular weight is 503 g/mol. The highest BCUT2D eigenvalue weighted by Gasteiger charge is 2.33. The van der Waals surface area contributed by atoms with Crippen LogP contribution in [0.15, 0.2) is 36.5 Å². The van der Waals surface area contributed by atoms with E-state index in [2.05, 4.69) is 26.0 Å². The molecule has 0 spiro atoms. The smallest absolute Gasteiger partial charge is 0.270 e. The van der Waals surface area contributed by atoms with Crippen LogP contribution in [-0.2, 0) is 11.3 Å². The molecule has 3 heterocycles. The fourth-order valence-electron chi connectivity index (χ4n) is 6.07. The van der Waals surface area contributed by atoms with E-state index in [-0.39, 0.29) is 36.4 Å². The zero-order valence-electron chi connectivity index (χ0n) is 20.5. The summed E-state index contributed by atoms with van der Waals surface area (Å²) >= 11 is 0. The normalized spacial score (nSPS) is 22.2. The van der Waals surface area contributed by atoms with Crippen LogP contribution in [0.4, 0.5) is 5.69 Å². The Hall–Kier alpha value is -3.95. The molecule has 1 aliphatic heterocycles. The third-order valence-corrected chi connectivity index (χ3v) is 7.78. The molecule has 6 rings (SSSR count). The molecule has 3 N–H and O–H groups in total. The quantitative estimate of drug-likeness (QED) is 0.456. The van der Waals surface area contributed by atoms with E-state index in [9.17, 15) is 14.4 Å². The maximum atomic E-state index is 13.1. The van der Waals surface area contributed by atoms with Gasteiger partial charge in [0.25, 0.3) is 17.7 Å². The van der Waals surface area contributed by atoms with E-state index in [4.69, 9.17) is 4.74 Å². The fourth-order valence-corrected chi connectivity index (χ4v) is 6.07. The maximum absolute atomic E-state index is 13.1. The van der Waals surface area contributed by atoms with Crippen LogP contribution in [0.1, 0.15) is 65.1 Å². The van der Waals surface area contributed by atoms with Crippen LogP contribution < -0.4 is 20.7 Å². The van der Waals surface area contributed by atoms with Crippen molar-refractivity contribution in [2.75, 3.05) is 18.5 Å². The Kier molecular flexibility index (Phi) is 6.23. The highest BCUT2D eigenvalue weighted by molar-refractivity contribution is 5.98. The van der Waals surface area contributed by atoms with Crippen molar-refractivity contribution in [1.29, 1.82) is 0 Å². The summed E-state index contributed by atoms with van der Waals surface area (Å²) in [5, 5.41) is 12.9. The second kappa shape index (κ2) is 9.84. The van der Waals surface area contributed by atoms with Crippen molar-refractivity contribution in [3.63, 3.8) is 0 Å². The van der Waals surface area contributed by atoms with Crippen LogP contribution in [0.5, 0.6) is 5.75 Å². The van der Waals surface area contributed by atoms with Crippen molar-refractivity contribution in [1.82, 2.24) is 25.2 Å². The predicted molar refractivity (Wildman–Crippen MR) is 135 cm³/mol. The summed E-state index contributed by atoms with van der Waals surface area (Å²) in [6, 6.07) is 8.48. The standard InChI is InChI=1S/C27H30N6O4/c34-25-15-37-23-4-3-19(12-20(23)32-25)14-29-26(35)21-13-22(33-24(31-21)6-8-30-33)27(36)28-7-5-18-10-16-1-2-17(9-16)11-18/h3-4,6,8,12-13,16-18H,1-2,5,7,9-11,14-15H2,(H,28,36)(H,29,35)(H,32,34). The molecular weight excluding hydrogens is 472 g/mol. The lowest BCUT2D eigenvalue weighted by Gasteiger charge is -2.27. The van der Waals surface area contributed by atoms with E-state index in [0.29, 0.717) is 29.5 Å². The number of ether oxygens (including phenoxy) is 1. The summed E-state index contributed by atoms with van der Waals surface area (Å²) in [5.74, 6) is 2.12. The Bertz CT molecular complexity index is 1360. The molecule has 0 saturated heterocycles. The Morgan fingerprint density at radius 1 is 1.05 bits per heavy atom. The van der Waals surface area contributed by atoms with Crippen molar-refractivity contribution in [2.24, 2.45) is 17.8 Å². The maximum Gasteiger partial charge on any atom is 0.270 e. The third kappa shape index (κ3) is 5.00. The van der Waals surface area contributed by atoms with Gasteiger partial charge in [-0.1, -0.05) is 18.9 Å². The van der Waals surface area contributed by atoms with Crippen molar-refractivity contribution < 1.29 is 19.1 Å². The van der Waals surface area contributed by atoms with Crippen LogP contribution in [-0.4, -0.2) is 45.5 Å². The van der Waals surface area contributed by atoms with Gasteiger partial charge < -0.3 is 20.7 Å². The van der Waals surface area contributed by atoms with Crippen LogP contribution in [0.25, 0.3) is 5.65 Å². The molecule has 2 fully saturated rings.